The van der Waals surface area contributed by atoms with E-state index in [9.17, 15) is 8.42 Å². The summed E-state index contributed by atoms with van der Waals surface area (Å²) in [6.45, 7) is 3.87. The molecule has 3 aromatic rings. The van der Waals surface area contributed by atoms with Crippen molar-refractivity contribution in [2.45, 2.75) is 43.2 Å². The Morgan fingerprint density at radius 2 is 1.89 bits per heavy atom. The predicted molar refractivity (Wildman–Crippen MR) is 148 cm³/mol. The molecule has 186 valence electrons. The number of anilines is 2. The summed E-state index contributed by atoms with van der Waals surface area (Å²) in [5.74, 6) is 3.51. The first-order chi connectivity index (χ1) is 17.4. The van der Waals surface area contributed by atoms with Crippen molar-refractivity contribution in [2.75, 3.05) is 21.5 Å². The molecular weight excluding hydrogens is 488 g/mol. The van der Waals surface area contributed by atoms with Crippen LogP contribution in [0.4, 0.5) is 11.4 Å². The maximum Gasteiger partial charge on any atom is 0.261 e. The van der Waals surface area contributed by atoms with Crippen LogP contribution in [0.2, 0.25) is 0 Å². The van der Waals surface area contributed by atoms with Crippen molar-refractivity contribution in [2.24, 2.45) is 5.92 Å². The molecule has 2 heterocycles. The molecule has 6 rings (SSSR count). The Labute approximate surface area is 217 Å². The van der Waals surface area contributed by atoms with Gasteiger partial charge in [0.05, 0.1) is 16.6 Å². The van der Waals surface area contributed by atoms with E-state index in [1.165, 1.54) is 5.56 Å². The SMILES string of the molecule is Cc1ccc(C)c(NS(=O)(=O)c2ccc3c(c2)C2C=CCC2[C@@H](c2cccc(OC4CSC4)c2)N3)c1. The average molecular weight is 519 g/mol. The summed E-state index contributed by atoms with van der Waals surface area (Å²) in [5, 5.41) is 3.72. The van der Waals surface area contributed by atoms with Crippen LogP contribution in [-0.2, 0) is 10.0 Å². The summed E-state index contributed by atoms with van der Waals surface area (Å²) in [6.07, 6.45) is 5.71. The topological polar surface area (TPSA) is 67.4 Å². The highest BCUT2D eigenvalue weighted by molar-refractivity contribution is 8.00. The van der Waals surface area contributed by atoms with Crippen molar-refractivity contribution in [3.05, 3.63) is 95.1 Å². The molecule has 0 saturated carbocycles. The van der Waals surface area contributed by atoms with Crippen molar-refractivity contribution in [3.63, 3.8) is 0 Å². The minimum atomic E-state index is -3.71. The van der Waals surface area contributed by atoms with Gasteiger partial charge in [0.25, 0.3) is 10.0 Å². The van der Waals surface area contributed by atoms with Crippen molar-refractivity contribution in [1.29, 1.82) is 0 Å². The van der Waals surface area contributed by atoms with E-state index in [1.54, 1.807) is 6.07 Å². The normalized spacial score (nSPS) is 22.8. The number of benzene rings is 3. The predicted octanol–water partition coefficient (Wildman–Crippen LogP) is 6.42. The second-order valence-corrected chi connectivity index (χ2v) is 12.8. The molecule has 2 N–H and O–H groups in total. The Kier molecular flexibility index (Phi) is 6.00. The first kappa shape index (κ1) is 23.5. The molecule has 0 amide bonds. The van der Waals surface area contributed by atoms with E-state index in [2.05, 4.69) is 40.4 Å². The Hall–Kier alpha value is -2.90. The number of nitrogens with one attached hydrogen (secondary N) is 2. The van der Waals surface area contributed by atoms with Gasteiger partial charge in [-0.2, -0.15) is 11.8 Å². The highest BCUT2D eigenvalue weighted by Crippen LogP contribution is 2.50. The number of allylic oxidation sites excluding steroid dienone is 2. The number of fused-ring (bicyclic) bond motifs is 3. The van der Waals surface area contributed by atoms with Crippen molar-refractivity contribution < 1.29 is 13.2 Å². The summed E-state index contributed by atoms with van der Waals surface area (Å²) >= 11 is 1.91. The van der Waals surface area contributed by atoms with E-state index in [1.807, 2.05) is 62.0 Å². The summed E-state index contributed by atoms with van der Waals surface area (Å²) in [4.78, 5) is 0.287. The fraction of sp³-hybridized carbons (Fsp3) is 0.310. The molecule has 0 bridgehead atoms. The van der Waals surface area contributed by atoms with Crippen LogP contribution in [-0.4, -0.2) is 26.0 Å². The minimum Gasteiger partial charge on any atom is -0.489 e. The zero-order valence-corrected chi connectivity index (χ0v) is 22.0. The third-order valence-corrected chi connectivity index (χ3v) is 9.99. The molecule has 3 atom stereocenters. The molecule has 0 spiro atoms. The second-order valence-electron chi connectivity index (χ2n) is 10.00. The number of rotatable bonds is 6. The van der Waals surface area contributed by atoms with Crippen molar-refractivity contribution in [3.8, 4) is 5.75 Å². The van der Waals surface area contributed by atoms with Crippen LogP contribution >= 0.6 is 11.8 Å². The van der Waals surface area contributed by atoms with Crippen LogP contribution in [0, 0.1) is 19.8 Å². The molecular formula is C29H30N2O3S2. The van der Waals surface area contributed by atoms with Crippen LogP contribution in [0.1, 0.15) is 40.6 Å². The number of aryl methyl sites for hydroxylation is 2. The van der Waals surface area contributed by atoms with E-state index in [0.29, 0.717) is 17.7 Å². The van der Waals surface area contributed by atoms with Crippen molar-refractivity contribution in [1.82, 2.24) is 0 Å². The van der Waals surface area contributed by atoms with Crippen LogP contribution in [0.5, 0.6) is 5.75 Å². The Balaban J connectivity index is 1.30. The number of ether oxygens (including phenoxy) is 1. The smallest absolute Gasteiger partial charge is 0.261 e. The van der Waals surface area contributed by atoms with Gasteiger partial charge in [0.15, 0.2) is 0 Å². The van der Waals surface area contributed by atoms with E-state index in [0.717, 1.165) is 46.1 Å². The number of hydrogen-bond donors (Lipinski definition) is 2. The van der Waals surface area contributed by atoms with Crippen molar-refractivity contribution >= 4 is 33.2 Å². The monoisotopic (exact) mass is 518 g/mol. The van der Waals surface area contributed by atoms with E-state index in [-0.39, 0.29) is 16.9 Å². The maximum atomic E-state index is 13.3. The highest BCUT2D eigenvalue weighted by Gasteiger charge is 2.38. The molecule has 2 unspecified atom stereocenters. The third kappa shape index (κ3) is 4.39. The Morgan fingerprint density at radius 1 is 1.03 bits per heavy atom. The lowest BCUT2D eigenvalue weighted by molar-refractivity contribution is 0.240. The molecule has 3 aromatic carbocycles. The average Bonchev–Trinajstić information content (AvgIpc) is 3.33. The minimum absolute atomic E-state index is 0.132. The Morgan fingerprint density at radius 3 is 2.69 bits per heavy atom. The zero-order valence-electron chi connectivity index (χ0n) is 20.4. The van der Waals surface area contributed by atoms with Gasteiger partial charge in [-0.1, -0.05) is 36.4 Å². The fourth-order valence-electron chi connectivity index (χ4n) is 5.38. The summed E-state index contributed by atoms with van der Waals surface area (Å²) in [6, 6.07) is 19.8. The molecule has 1 saturated heterocycles. The lowest BCUT2D eigenvalue weighted by atomic mass is 9.77. The molecule has 3 aliphatic rings. The molecule has 36 heavy (non-hydrogen) atoms. The van der Waals surface area contributed by atoms with E-state index in [4.69, 9.17) is 4.74 Å². The van der Waals surface area contributed by atoms with Crippen LogP contribution in [0.25, 0.3) is 0 Å². The van der Waals surface area contributed by atoms with Gasteiger partial charge in [-0.25, -0.2) is 8.42 Å². The third-order valence-electron chi connectivity index (χ3n) is 7.41. The fourth-order valence-corrected chi connectivity index (χ4v) is 7.10. The van der Waals surface area contributed by atoms with E-state index >= 15 is 0 Å². The van der Waals surface area contributed by atoms with Crippen LogP contribution < -0.4 is 14.8 Å². The van der Waals surface area contributed by atoms with E-state index < -0.39 is 10.0 Å². The lowest BCUT2D eigenvalue weighted by Gasteiger charge is -2.38. The molecule has 0 radical (unpaired) electrons. The quantitative estimate of drug-likeness (QED) is 0.368. The standard InChI is InChI=1S/C29H30N2O3S2/c1-18-9-10-19(2)28(13-18)31-36(32,33)23-11-12-27-26(15-23)24-7-4-8-25(24)29(30-27)20-5-3-6-21(14-20)34-22-16-35-17-22/h3-7,9-15,22,24-25,29-31H,8,16-17H2,1-2H3/t24?,25?,29-/m1/s1. The van der Waals surface area contributed by atoms with Crippen LogP contribution in [0.3, 0.4) is 0 Å². The summed E-state index contributed by atoms with van der Waals surface area (Å²) in [7, 11) is -3.71. The van der Waals surface area contributed by atoms with Crippen LogP contribution in [0.15, 0.2) is 77.7 Å². The molecule has 5 nitrogen and oxygen atoms in total. The zero-order chi connectivity index (χ0) is 24.9. The molecule has 1 aliphatic carbocycles. The van der Waals surface area contributed by atoms with Gasteiger partial charge in [-0.3, -0.25) is 4.72 Å². The van der Waals surface area contributed by atoms with Gasteiger partial charge < -0.3 is 10.1 Å². The summed E-state index contributed by atoms with van der Waals surface area (Å²) < 4.78 is 35.6. The maximum absolute atomic E-state index is 13.3. The number of thioether (sulfide) groups is 1. The number of hydrogen-bond acceptors (Lipinski definition) is 5. The molecule has 7 heteroatoms. The van der Waals surface area contributed by atoms with Gasteiger partial charge in [-0.15, -0.1) is 0 Å². The largest absolute Gasteiger partial charge is 0.489 e. The first-order valence-electron chi connectivity index (χ1n) is 12.4. The highest BCUT2D eigenvalue weighted by atomic mass is 32.2. The van der Waals surface area contributed by atoms with Gasteiger partial charge in [0, 0.05) is 23.1 Å². The first-order valence-corrected chi connectivity index (χ1v) is 15.0. The number of sulfonamides is 1. The van der Waals surface area contributed by atoms with Gasteiger partial charge in [0.1, 0.15) is 11.9 Å². The van der Waals surface area contributed by atoms with Gasteiger partial charge >= 0.3 is 0 Å². The molecule has 0 aromatic heterocycles. The van der Waals surface area contributed by atoms with Gasteiger partial charge in [-0.05, 0) is 84.8 Å². The van der Waals surface area contributed by atoms with Gasteiger partial charge in [0.2, 0.25) is 0 Å². The second kappa shape index (κ2) is 9.20. The lowest BCUT2D eigenvalue weighted by Crippen LogP contribution is -2.31. The molecule has 2 aliphatic heterocycles. The summed E-state index contributed by atoms with van der Waals surface area (Å²) in [5.41, 5.74) is 5.75. The Bertz CT molecular complexity index is 1450. The molecule has 1 fully saturated rings.